The van der Waals surface area contributed by atoms with E-state index >= 15 is 0 Å². The molecule has 0 saturated carbocycles. The van der Waals surface area contributed by atoms with E-state index in [0.717, 1.165) is 32.2 Å². The summed E-state index contributed by atoms with van der Waals surface area (Å²) < 4.78 is 5.52. The van der Waals surface area contributed by atoms with E-state index in [0.29, 0.717) is 6.42 Å². The van der Waals surface area contributed by atoms with Gasteiger partial charge in [0.25, 0.3) is 0 Å². The van der Waals surface area contributed by atoms with E-state index in [9.17, 15) is 4.79 Å². The first-order valence-corrected chi connectivity index (χ1v) is 5.67. The van der Waals surface area contributed by atoms with Crippen molar-refractivity contribution in [3.8, 4) is 0 Å². The van der Waals surface area contributed by atoms with Crippen LogP contribution in [0.2, 0.25) is 0 Å². The number of hydrogen-bond acceptors (Lipinski definition) is 3. The maximum atomic E-state index is 10.6. The second-order valence-corrected chi connectivity index (χ2v) is 5.42. The second-order valence-electron chi connectivity index (χ2n) is 5.42. The highest BCUT2D eigenvalue weighted by Crippen LogP contribution is 2.31. The van der Waals surface area contributed by atoms with Crippen molar-refractivity contribution in [2.75, 3.05) is 20.2 Å². The monoisotopic (exact) mass is 213 g/mol. The summed E-state index contributed by atoms with van der Waals surface area (Å²) in [5.74, 6) is 0. The molecule has 0 bridgehead atoms. The molecule has 0 aromatic carbocycles. The first-order valence-electron chi connectivity index (χ1n) is 5.67. The summed E-state index contributed by atoms with van der Waals surface area (Å²) in [4.78, 5) is 13.1. The van der Waals surface area contributed by atoms with Gasteiger partial charge < -0.3 is 9.53 Å². The fraction of sp³-hybridized carbons (Fsp3) is 0.917. The lowest BCUT2D eigenvalue weighted by molar-refractivity contribution is -0.119. The average Bonchev–Trinajstić information content (AvgIpc) is 2.17. The van der Waals surface area contributed by atoms with Crippen LogP contribution in [-0.4, -0.2) is 42.5 Å². The van der Waals surface area contributed by atoms with Crippen molar-refractivity contribution in [3.63, 3.8) is 0 Å². The van der Waals surface area contributed by atoms with Crippen molar-refractivity contribution >= 4 is 6.29 Å². The van der Waals surface area contributed by atoms with Crippen molar-refractivity contribution in [2.24, 2.45) is 0 Å². The lowest BCUT2D eigenvalue weighted by Crippen LogP contribution is -2.52. The minimum Gasteiger partial charge on any atom is -0.378 e. The van der Waals surface area contributed by atoms with Crippen LogP contribution in [0.3, 0.4) is 0 Å². The second kappa shape index (κ2) is 4.62. The van der Waals surface area contributed by atoms with Crippen LogP contribution in [0, 0.1) is 0 Å². The van der Waals surface area contributed by atoms with Crippen LogP contribution in [0.1, 0.15) is 40.0 Å². The number of nitrogens with zero attached hydrogens (tertiary/aromatic N) is 1. The third kappa shape index (κ3) is 3.02. The number of hydrogen-bond donors (Lipinski definition) is 0. The third-order valence-corrected chi connectivity index (χ3v) is 3.51. The molecular formula is C12H23NO2. The van der Waals surface area contributed by atoms with Gasteiger partial charge >= 0.3 is 0 Å². The molecule has 0 unspecified atom stereocenters. The van der Waals surface area contributed by atoms with Gasteiger partial charge in [-0.25, -0.2) is 0 Å². The molecule has 0 aromatic rings. The van der Waals surface area contributed by atoms with Crippen LogP contribution < -0.4 is 0 Å². The summed E-state index contributed by atoms with van der Waals surface area (Å²) >= 11 is 0. The zero-order valence-corrected chi connectivity index (χ0v) is 10.4. The van der Waals surface area contributed by atoms with Crippen LogP contribution >= 0.6 is 0 Å². The summed E-state index contributed by atoms with van der Waals surface area (Å²) in [6.07, 6.45) is 3.43. The van der Waals surface area contributed by atoms with Gasteiger partial charge in [0.1, 0.15) is 6.29 Å². The Morgan fingerprint density at radius 2 is 1.87 bits per heavy atom. The van der Waals surface area contributed by atoms with Crippen molar-refractivity contribution in [3.05, 3.63) is 0 Å². The number of likely N-dealkylation sites (tertiary alicyclic amines) is 1. The Balaban J connectivity index is 2.57. The zero-order valence-electron chi connectivity index (χ0n) is 10.4. The molecule has 1 aliphatic rings. The van der Waals surface area contributed by atoms with E-state index in [1.807, 2.05) is 0 Å². The maximum absolute atomic E-state index is 10.6. The summed E-state index contributed by atoms with van der Waals surface area (Å²) in [6.45, 7) is 8.72. The highest BCUT2D eigenvalue weighted by Gasteiger charge is 2.36. The number of rotatable bonds is 3. The SMILES string of the molecule is COC1(CC=O)CCN(C(C)(C)C)CC1. The standard InChI is InChI=1S/C12H23NO2/c1-11(2,3)13-8-5-12(15-4,6-9-13)7-10-14/h10H,5-9H2,1-4H3. The first kappa shape index (κ1) is 12.7. The normalized spacial score (nSPS) is 22.7. The van der Waals surface area contributed by atoms with Gasteiger partial charge in [-0.2, -0.15) is 0 Å². The number of carbonyl (C=O) groups is 1. The van der Waals surface area contributed by atoms with Crippen LogP contribution in [-0.2, 0) is 9.53 Å². The Morgan fingerprint density at radius 3 is 2.20 bits per heavy atom. The van der Waals surface area contributed by atoms with Crippen LogP contribution in [0.25, 0.3) is 0 Å². The molecule has 0 amide bonds. The van der Waals surface area contributed by atoms with Gasteiger partial charge in [0, 0.05) is 32.2 Å². The molecule has 0 aromatic heterocycles. The highest BCUT2D eigenvalue weighted by molar-refractivity contribution is 5.51. The third-order valence-electron chi connectivity index (χ3n) is 3.51. The largest absolute Gasteiger partial charge is 0.378 e. The molecule has 3 heteroatoms. The molecular weight excluding hydrogens is 190 g/mol. The Labute approximate surface area is 92.8 Å². The van der Waals surface area contributed by atoms with E-state index < -0.39 is 0 Å². The molecule has 15 heavy (non-hydrogen) atoms. The number of carbonyl (C=O) groups excluding carboxylic acids is 1. The predicted octanol–water partition coefficient (Wildman–Crippen LogP) is 1.85. The van der Waals surface area contributed by atoms with Gasteiger partial charge in [0.05, 0.1) is 5.60 Å². The molecule has 0 atom stereocenters. The zero-order chi connectivity index (χ0) is 11.5. The molecule has 0 N–H and O–H groups in total. The Bertz CT molecular complexity index is 212. The van der Waals surface area contributed by atoms with Crippen LogP contribution in [0.5, 0.6) is 0 Å². The Morgan fingerprint density at radius 1 is 1.33 bits per heavy atom. The lowest BCUT2D eigenvalue weighted by atomic mass is 9.86. The molecule has 0 aliphatic carbocycles. The number of piperidine rings is 1. The van der Waals surface area contributed by atoms with E-state index in [-0.39, 0.29) is 11.1 Å². The molecule has 1 heterocycles. The molecule has 0 radical (unpaired) electrons. The number of aldehydes is 1. The summed E-state index contributed by atoms with van der Waals surface area (Å²) in [5, 5.41) is 0. The van der Waals surface area contributed by atoms with Gasteiger partial charge in [-0.15, -0.1) is 0 Å². The molecule has 1 fully saturated rings. The lowest BCUT2D eigenvalue weighted by Gasteiger charge is -2.45. The average molecular weight is 213 g/mol. The molecule has 1 aliphatic heterocycles. The fourth-order valence-corrected chi connectivity index (χ4v) is 2.23. The minimum absolute atomic E-state index is 0.191. The fourth-order valence-electron chi connectivity index (χ4n) is 2.23. The Hall–Kier alpha value is -0.410. The summed E-state index contributed by atoms with van der Waals surface area (Å²) in [5.41, 5.74) is 0.0323. The quantitative estimate of drug-likeness (QED) is 0.670. The van der Waals surface area contributed by atoms with Crippen LogP contribution in [0.15, 0.2) is 0 Å². The topological polar surface area (TPSA) is 29.5 Å². The van der Waals surface area contributed by atoms with E-state index in [1.54, 1.807) is 7.11 Å². The maximum Gasteiger partial charge on any atom is 0.122 e. The molecule has 3 nitrogen and oxygen atoms in total. The summed E-state index contributed by atoms with van der Waals surface area (Å²) in [7, 11) is 1.72. The van der Waals surface area contributed by atoms with Gasteiger partial charge in [-0.3, -0.25) is 4.90 Å². The van der Waals surface area contributed by atoms with E-state index in [2.05, 4.69) is 25.7 Å². The van der Waals surface area contributed by atoms with Crippen molar-refractivity contribution in [2.45, 2.75) is 51.2 Å². The first-order chi connectivity index (χ1) is 6.93. The van der Waals surface area contributed by atoms with Crippen molar-refractivity contribution in [1.29, 1.82) is 0 Å². The van der Waals surface area contributed by atoms with Crippen molar-refractivity contribution in [1.82, 2.24) is 4.90 Å². The van der Waals surface area contributed by atoms with Gasteiger partial charge in [-0.1, -0.05) is 0 Å². The molecule has 1 rings (SSSR count). The smallest absolute Gasteiger partial charge is 0.122 e. The molecule has 1 saturated heterocycles. The highest BCUT2D eigenvalue weighted by atomic mass is 16.5. The number of methoxy groups -OCH3 is 1. The predicted molar refractivity (Wildman–Crippen MR) is 61.0 cm³/mol. The van der Waals surface area contributed by atoms with Gasteiger partial charge in [0.2, 0.25) is 0 Å². The van der Waals surface area contributed by atoms with E-state index in [4.69, 9.17) is 4.74 Å². The van der Waals surface area contributed by atoms with Crippen molar-refractivity contribution < 1.29 is 9.53 Å². The molecule has 0 spiro atoms. The number of ether oxygens (including phenoxy) is 1. The van der Waals surface area contributed by atoms with Gasteiger partial charge in [0.15, 0.2) is 0 Å². The minimum atomic E-state index is -0.191. The Kier molecular flexibility index (Phi) is 3.90. The van der Waals surface area contributed by atoms with Gasteiger partial charge in [-0.05, 0) is 33.6 Å². The van der Waals surface area contributed by atoms with Crippen LogP contribution in [0.4, 0.5) is 0 Å². The molecule has 88 valence electrons. The summed E-state index contributed by atoms with van der Waals surface area (Å²) in [6, 6.07) is 0. The van der Waals surface area contributed by atoms with E-state index in [1.165, 1.54) is 0 Å².